The number of benzene rings is 1. The van der Waals surface area contributed by atoms with Crippen LogP contribution in [0.1, 0.15) is 23.8 Å². The van der Waals surface area contributed by atoms with Gasteiger partial charge in [0.25, 0.3) is 0 Å². The van der Waals surface area contributed by atoms with Crippen LogP contribution in [-0.4, -0.2) is 32.6 Å². The standard InChI is InChI=1S/C20H20N6OS/c1-2-21-19(27)11-3-5-14-16(8-11)28-20-17(14)18(22-10-23-20)25-13-4-6-15-12(7-13)9-24-26-15/h4,6-7,9-11H,2-3,5,8H2,1H3,(H,21,27)(H,24,26)(H,22,23,25). The molecule has 4 aromatic rings. The number of hydrogen-bond acceptors (Lipinski definition) is 6. The van der Waals surface area contributed by atoms with Crippen molar-refractivity contribution in [1.82, 2.24) is 25.5 Å². The van der Waals surface area contributed by atoms with Gasteiger partial charge in [-0.3, -0.25) is 9.89 Å². The Morgan fingerprint density at radius 3 is 3.18 bits per heavy atom. The van der Waals surface area contributed by atoms with Crippen LogP contribution >= 0.6 is 11.3 Å². The minimum Gasteiger partial charge on any atom is -0.356 e. The first kappa shape index (κ1) is 17.1. The van der Waals surface area contributed by atoms with E-state index in [2.05, 4.69) is 36.9 Å². The third-order valence-corrected chi connectivity index (χ3v) is 6.43. The summed E-state index contributed by atoms with van der Waals surface area (Å²) in [7, 11) is 0. The molecule has 0 radical (unpaired) electrons. The zero-order valence-corrected chi connectivity index (χ0v) is 16.3. The van der Waals surface area contributed by atoms with Crippen molar-refractivity contribution in [3.05, 3.63) is 41.2 Å². The molecular weight excluding hydrogens is 372 g/mol. The van der Waals surface area contributed by atoms with Gasteiger partial charge in [0.1, 0.15) is 17.0 Å². The molecule has 1 amide bonds. The molecule has 142 valence electrons. The van der Waals surface area contributed by atoms with Crippen molar-refractivity contribution in [3.63, 3.8) is 0 Å². The minimum atomic E-state index is 0.0494. The number of nitrogens with one attached hydrogen (secondary N) is 3. The van der Waals surface area contributed by atoms with E-state index in [1.807, 2.05) is 25.3 Å². The third kappa shape index (κ3) is 2.90. The summed E-state index contributed by atoms with van der Waals surface area (Å²) in [6, 6.07) is 6.07. The number of H-pyrrole nitrogens is 1. The van der Waals surface area contributed by atoms with Crippen molar-refractivity contribution >= 4 is 49.9 Å². The Morgan fingerprint density at radius 2 is 2.29 bits per heavy atom. The predicted octanol–water partition coefficient (Wildman–Crippen LogP) is 3.55. The monoisotopic (exact) mass is 392 g/mol. The highest BCUT2D eigenvalue weighted by Gasteiger charge is 2.28. The molecule has 0 spiro atoms. The molecule has 3 heterocycles. The second-order valence-corrected chi connectivity index (χ2v) is 8.12. The van der Waals surface area contributed by atoms with Gasteiger partial charge in [0.05, 0.1) is 17.1 Å². The van der Waals surface area contributed by atoms with Crippen molar-refractivity contribution < 1.29 is 4.79 Å². The topological polar surface area (TPSA) is 95.6 Å². The number of fused-ring (bicyclic) bond motifs is 4. The average molecular weight is 392 g/mol. The van der Waals surface area contributed by atoms with Gasteiger partial charge in [0.2, 0.25) is 5.91 Å². The van der Waals surface area contributed by atoms with Crippen LogP contribution in [-0.2, 0) is 17.6 Å². The number of aromatic amines is 1. The lowest BCUT2D eigenvalue weighted by atomic mass is 9.87. The minimum absolute atomic E-state index is 0.0494. The molecule has 8 heteroatoms. The van der Waals surface area contributed by atoms with E-state index in [0.717, 1.165) is 51.9 Å². The second-order valence-electron chi connectivity index (χ2n) is 7.04. The number of hydrogen-bond donors (Lipinski definition) is 3. The first-order valence-corrected chi connectivity index (χ1v) is 10.3. The van der Waals surface area contributed by atoms with Gasteiger partial charge < -0.3 is 10.6 Å². The average Bonchev–Trinajstić information content (AvgIpc) is 3.31. The van der Waals surface area contributed by atoms with Crippen LogP contribution in [0.2, 0.25) is 0 Å². The fourth-order valence-corrected chi connectivity index (χ4v) is 5.17. The fraction of sp³-hybridized carbons (Fsp3) is 0.300. The van der Waals surface area contributed by atoms with E-state index in [4.69, 9.17) is 0 Å². The SMILES string of the molecule is CCNC(=O)C1CCc2c(sc3ncnc(Nc4ccc5[nH]ncc5c4)c23)C1. The highest BCUT2D eigenvalue weighted by molar-refractivity contribution is 7.19. The van der Waals surface area contributed by atoms with E-state index < -0.39 is 0 Å². The van der Waals surface area contributed by atoms with Crippen LogP contribution in [0.4, 0.5) is 11.5 Å². The first-order valence-electron chi connectivity index (χ1n) is 9.46. The summed E-state index contributed by atoms with van der Waals surface area (Å²) < 4.78 is 0. The summed E-state index contributed by atoms with van der Waals surface area (Å²) in [5, 5.41) is 15.6. The zero-order chi connectivity index (χ0) is 19.1. The van der Waals surface area contributed by atoms with Crippen LogP contribution < -0.4 is 10.6 Å². The van der Waals surface area contributed by atoms with Gasteiger partial charge in [-0.2, -0.15) is 5.10 Å². The number of rotatable bonds is 4. The molecule has 0 saturated carbocycles. The summed E-state index contributed by atoms with van der Waals surface area (Å²) in [4.78, 5) is 23.5. The molecule has 3 aromatic heterocycles. The van der Waals surface area contributed by atoms with E-state index in [1.54, 1.807) is 17.7 Å². The van der Waals surface area contributed by atoms with Crippen LogP contribution in [0, 0.1) is 5.92 Å². The Hall–Kier alpha value is -3.00. The van der Waals surface area contributed by atoms with Crippen molar-refractivity contribution in [3.8, 4) is 0 Å². The molecule has 1 aliphatic rings. The second kappa shape index (κ2) is 6.87. The largest absolute Gasteiger partial charge is 0.356 e. The molecule has 1 aliphatic carbocycles. The molecule has 1 aromatic carbocycles. The van der Waals surface area contributed by atoms with Gasteiger partial charge in [0, 0.05) is 28.4 Å². The maximum Gasteiger partial charge on any atom is 0.223 e. The van der Waals surface area contributed by atoms with Crippen molar-refractivity contribution in [2.24, 2.45) is 5.92 Å². The van der Waals surface area contributed by atoms with Crippen molar-refractivity contribution in [2.75, 3.05) is 11.9 Å². The lowest BCUT2D eigenvalue weighted by Crippen LogP contribution is -2.33. The quantitative estimate of drug-likeness (QED) is 0.494. The number of nitrogens with zero attached hydrogens (tertiary/aromatic N) is 3. The molecule has 0 saturated heterocycles. The summed E-state index contributed by atoms with van der Waals surface area (Å²) in [6.07, 6.45) is 5.93. The first-order chi connectivity index (χ1) is 13.7. The molecule has 0 fully saturated rings. The lowest BCUT2D eigenvalue weighted by Gasteiger charge is -2.21. The number of thiophene rings is 1. The van der Waals surface area contributed by atoms with Crippen molar-refractivity contribution in [2.45, 2.75) is 26.2 Å². The van der Waals surface area contributed by atoms with Crippen LogP contribution in [0.15, 0.2) is 30.7 Å². The summed E-state index contributed by atoms with van der Waals surface area (Å²) in [5.74, 6) is 1.03. The zero-order valence-electron chi connectivity index (χ0n) is 15.5. The Kier molecular flexibility index (Phi) is 4.20. The predicted molar refractivity (Wildman–Crippen MR) is 111 cm³/mol. The van der Waals surface area contributed by atoms with E-state index in [-0.39, 0.29) is 11.8 Å². The van der Waals surface area contributed by atoms with Crippen LogP contribution in [0.3, 0.4) is 0 Å². The number of amides is 1. The maximum atomic E-state index is 12.3. The van der Waals surface area contributed by atoms with Gasteiger partial charge in [-0.25, -0.2) is 9.97 Å². The summed E-state index contributed by atoms with van der Waals surface area (Å²) >= 11 is 1.68. The van der Waals surface area contributed by atoms with Gasteiger partial charge >= 0.3 is 0 Å². The van der Waals surface area contributed by atoms with Crippen LogP contribution in [0.5, 0.6) is 0 Å². The molecule has 0 aliphatic heterocycles. The number of carbonyl (C=O) groups is 1. The Labute approximate surface area is 165 Å². The van der Waals surface area contributed by atoms with Crippen LogP contribution in [0.25, 0.3) is 21.1 Å². The Morgan fingerprint density at radius 1 is 1.36 bits per heavy atom. The van der Waals surface area contributed by atoms with Gasteiger partial charge in [-0.05, 0) is 49.9 Å². The Balaban J connectivity index is 1.50. The summed E-state index contributed by atoms with van der Waals surface area (Å²) in [5.41, 5.74) is 3.25. The highest BCUT2D eigenvalue weighted by atomic mass is 32.1. The molecule has 0 bridgehead atoms. The third-order valence-electron chi connectivity index (χ3n) is 5.27. The normalized spacial score (nSPS) is 16.2. The molecule has 3 N–H and O–H groups in total. The maximum absolute atomic E-state index is 12.3. The van der Waals surface area contributed by atoms with Gasteiger partial charge in [-0.1, -0.05) is 0 Å². The molecule has 28 heavy (non-hydrogen) atoms. The fourth-order valence-electron chi connectivity index (χ4n) is 3.90. The molecule has 5 rings (SSSR count). The van der Waals surface area contributed by atoms with E-state index in [1.165, 1.54) is 10.4 Å². The smallest absolute Gasteiger partial charge is 0.223 e. The van der Waals surface area contributed by atoms with E-state index >= 15 is 0 Å². The van der Waals surface area contributed by atoms with Gasteiger partial charge in [-0.15, -0.1) is 11.3 Å². The highest BCUT2D eigenvalue weighted by Crippen LogP contribution is 2.40. The number of carbonyl (C=O) groups excluding carboxylic acids is 1. The van der Waals surface area contributed by atoms with E-state index in [0.29, 0.717) is 6.54 Å². The number of aromatic nitrogens is 4. The van der Waals surface area contributed by atoms with Gasteiger partial charge in [0.15, 0.2) is 0 Å². The molecule has 7 nitrogen and oxygen atoms in total. The van der Waals surface area contributed by atoms with Crippen molar-refractivity contribution in [1.29, 1.82) is 0 Å². The molecule has 1 atom stereocenters. The lowest BCUT2D eigenvalue weighted by molar-refractivity contribution is -0.125. The Bertz CT molecular complexity index is 1180. The number of aryl methyl sites for hydroxylation is 1. The molecular formula is C20H20N6OS. The molecule has 1 unspecified atom stereocenters. The summed E-state index contributed by atoms with van der Waals surface area (Å²) in [6.45, 7) is 2.63. The number of anilines is 2. The van der Waals surface area contributed by atoms with E-state index in [9.17, 15) is 4.79 Å².